The van der Waals surface area contributed by atoms with Crippen LogP contribution in [0.25, 0.3) is 0 Å². The van der Waals surface area contributed by atoms with Gasteiger partial charge in [-0.3, -0.25) is 4.79 Å². The SMILES string of the molecule is C[C@]12CC/C(=N\OCCc3nc(CN)no3)CC1CCC1C2CC[C@]2(C)C(=O)CCC12. The van der Waals surface area contributed by atoms with Crippen LogP contribution in [0.1, 0.15) is 83.3 Å². The zero-order chi connectivity index (χ0) is 21.6. The highest BCUT2D eigenvalue weighted by molar-refractivity contribution is 5.87. The first kappa shape index (κ1) is 21.1. The Kier molecular flexibility index (Phi) is 5.43. The second-order valence-electron chi connectivity index (χ2n) is 10.8. The molecule has 0 radical (unpaired) electrons. The van der Waals surface area contributed by atoms with Gasteiger partial charge < -0.3 is 15.1 Å². The minimum absolute atomic E-state index is 0.0250. The van der Waals surface area contributed by atoms with Crippen molar-refractivity contribution in [2.24, 2.45) is 45.4 Å². The number of nitrogens with two attached hydrogens (primary N) is 1. The number of oxime groups is 1. The molecular formula is C24H36N4O3. The van der Waals surface area contributed by atoms with Crippen LogP contribution in [0, 0.1) is 34.5 Å². The summed E-state index contributed by atoms with van der Waals surface area (Å²) in [5.74, 6) is 4.44. The number of hydrogen-bond donors (Lipinski definition) is 1. The smallest absolute Gasteiger partial charge is 0.230 e. The third-order valence-electron chi connectivity index (χ3n) is 9.50. The Bertz CT molecular complexity index is 867. The number of ketones is 1. The van der Waals surface area contributed by atoms with Crippen molar-refractivity contribution in [2.75, 3.05) is 6.61 Å². The standard InChI is InChI=1S/C24H36N4O3/c1-23-10-7-16(27-30-12-9-22-26-21(14-25)28-31-22)13-15(23)3-4-17-18-5-6-20(29)24(18,2)11-8-19(17)23/h15,17-19H,3-14,25H2,1-2H3/b27-16+/t15?,17?,18?,19?,23-,24-/m0/s1. The van der Waals surface area contributed by atoms with E-state index in [-0.39, 0.29) is 12.0 Å². The molecule has 5 rings (SSSR count). The summed E-state index contributed by atoms with van der Waals surface area (Å²) in [4.78, 5) is 22.4. The van der Waals surface area contributed by atoms with Crippen LogP contribution in [0.2, 0.25) is 0 Å². The quantitative estimate of drug-likeness (QED) is 0.560. The Balaban J connectivity index is 1.19. The molecule has 0 aliphatic heterocycles. The highest BCUT2D eigenvalue weighted by atomic mass is 16.6. The lowest BCUT2D eigenvalue weighted by molar-refractivity contribution is -0.137. The number of nitrogens with zero attached hydrogens (tertiary/aromatic N) is 3. The summed E-state index contributed by atoms with van der Waals surface area (Å²) in [7, 11) is 0. The molecule has 2 N–H and O–H groups in total. The maximum Gasteiger partial charge on any atom is 0.230 e. The van der Waals surface area contributed by atoms with Crippen molar-refractivity contribution in [1.82, 2.24) is 10.1 Å². The van der Waals surface area contributed by atoms with Crippen LogP contribution in [0.5, 0.6) is 0 Å². The van der Waals surface area contributed by atoms with Gasteiger partial charge in [0.2, 0.25) is 5.89 Å². The summed E-state index contributed by atoms with van der Waals surface area (Å²) in [6.45, 7) is 5.53. The average Bonchev–Trinajstić information content (AvgIpc) is 3.35. The van der Waals surface area contributed by atoms with Crippen molar-refractivity contribution < 1.29 is 14.2 Å². The van der Waals surface area contributed by atoms with Crippen LogP contribution >= 0.6 is 0 Å². The van der Waals surface area contributed by atoms with Gasteiger partial charge >= 0.3 is 0 Å². The molecule has 4 aliphatic rings. The van der Waals surface area contributed by atoms with Crippen LogP contribution < -0.4 is 5.73 Å². The molecule has 31 heavy (non-hydrogen) atoms. The lowest BCUT2D eigenvalue weighted by atomic mass is 9.45. The highest BCUT2D eigenvalue weighted by Gasteiger charge is 2.60. The molecule has 0 saturated heterocycles. The van der Waals surface area contributed by atoms with Crippen molar-refractivity contribution >= 4 is 11.5 Å². The van der Waals surface area contributed by atoms with Crippen LogP contribution in [0.4, 0.5) is 0 Å². The van der Waals surface area contributed by atoms with Crippen molar-refractivity contribution in [1.29, 1.82) is 0 Å². The Hall–Kier alpha value is -1.76. The monoisotopic (exact) mass is 428 g/mol. The third-order valence-corrected chi connectivity index (χ3v) is 9.50. The molecule has 4 fully saturated rings. The molecule has 1 heterocycles. The number of carbonyl (C=O) groups is 1. The first-order chi connectivity index (χ1) is 14.9. The second-order valence-corrected chi connectivity index (χ2v) is 10.8. The topological polar surface area (TPSA) is 104 Å². The van der Waals surface area contributed by atoms with Gasteiger partial charge in [-0.2, -0.15) is 4.98 Å². The molecule has 0 bridgehead atoms. The largest absolute Gasteiger partial charge is 0.395 e. The first-order valence-corrected chi connectivity index (χ1v) is 12.2. The average molecular weight is 429 g/mol. The van der Waals surface area contributed by atoms with E-state index in [9.17, 15) is 4.79 Å². The van der Waals surface area contributed by atoms with E-state index in [2.05, 4.69) is 29.1 Å². The number of fused-ring (bicyclic) bond motifs is 5. The van der Waals surface area contributed by atoms with Gasteiger partial charge in [0.1, 0.15) is 12.4 Å². The summed E-state index contributed by atoms with van der Waals surface area (Å²) in [5, 5.41) is 8.28. The number of aromatic nitrogens is 2. The van der Waals surface area contributed by atoms with E-state index in [1.54, 1.807) is 0 Å². The maximum atomic E-state index is 12.6. The van der Waals surface area contributed by atoms with Crippen molar-refractivity contribution in [3.05, 3.63) is 11.7 Å². The van der Waals surface area contributed by atoms with Gasteiger partial charge in [0.25, 0.3) is 0 Å². The Labute approximate surface area is 184 Å². The molecule has 0 aromatic carbocycles. The predicted octanol–water partition coefficient (Wildman–Crippen LogP) is 4.06. The molecule has 7 heteroatoms. The van der Waals surface area contributed by atoms with Crippen LogP contribution in [0.15, 0.2) is 9.68 Å². The van der Waals surface area contributed by atoms with Gasteiger partial charge in [-0.25, -0.2) is 0 Å². The summed E-state index contributed by atoms with van der Waals surface area (Å²) in [5.41, 5.74) is 7.07. The van der Waals surface area contributed by atoms with Crippen LogP contribution in [0.3, 0.4) is 0 Å². The van der Waals surface area contributed by atoms with Gasteiger partial charge in [0, 0.05) is 11.8 Å². The minimum atomic E-state index is -0.0250. The normalized spacial score (nSPS) is 41.0. The fourth-order valence-corrected chi connectivity index (χ4v) is 7.66. The van der Waals surface area contributed by atoms with Gasteiger partial charge in [0.05, 0.1) is 18.7 Å². The van der Waals surface area contributed by atoms with Crippen LogP contribution in [-0.2, 0) is 22.6 Å². The van der Waals surface area contributed by atoms with Gasteiger partial charge in [-0.1, -0.05) is 24.2 Å². The molecule has 4 aliphatic carbocycles. The first-order valence-electron chi connectivity index (χ1n) is 12.2. The molecule has 7 nitrogen and oxygen atoms in total. The van der Waals surface area contributed by atoms with Crippen molar-refractivity contribution in [2.45, 2.75) is 84.6 Å². The van der Waals surface area contributed by atoms with Gasteiger partial charge in [-0.15, -0.1) is 0 Å². The number of carbonyl (C=O) groups excluding carboxylic acids is 1. The van der Waals surface area contributed by atoms with Crippen LogP contribution in [-0.4, -0.2) is 28.2 Å². The number of Topliss-reactive ketones (excluding diaryl/α,β-unsaturated/α-hetero) is 1. The highest BCUT2D eigenvalue weighted by Crippen LogP contribution is 2.65. The van der Waals surface area contributed by atoms with Crippen molar-refractivity contribution in [3.8, 4) is 0 Å². The lowest BCUT2D eigenvalue weighted by Crippen LogP contribution is -2.53. The molecule has 0 spiro atoms. The fourth-order valence-electron chi connectivity index (χ4n) is 7.66. The number of rotatable bonds is 5. The minimum Gasteiger partial charge on any atom is -0.395 e. The second kappa shape index (κ2) is 7.98. The molecule has 170 valence electrons. The maximum absolute atomic E-state index is 12.6. The zero-order valence-electron chi connectivity index (χ0n) is 18.9. The van der Waals surface area contributed by atoms with Gasteiger partial charge in [0.15, 0.2) is 5.82 Å². The Morgan fingerprint density at radius 1 is 1.16 bits per heavy atom. The van der Waals surface area contributed by atoms with E-state index >= 15 is 0 Å². The molecular weight excluding hydrogens is 392 g/mol. The van der Waals surface area contributed by atoms with E-state index in [1.807, 2.05) is 0 Å². The molecule has 4 unspecified atom stereocenters. The van der Waals surface area contributed by atoms with E-state index in [0.29, 0.717) is 47.8 Å². The van der Waals surface area contributed by atoms with E-state index in [1.165, 1.54) is 31.4 Å². The molecule has 1 aromatic rings. The summed E-state index contributed by atoms with van der Waals surface area (Å²) in [6.07, 6.45) is 10.7. The molecule has 1 aromatic heterocycles. The number of hydrogen-bond acceptors (Lipinski definition) is 7. The molecule has 6 atom stereocenters. The predicted molar refractivity (Wildman–Crippen MR) is 116 cm³/mol. The summed E-state index contributed by atoms with van der Waals surface area (Å²) < 4.78 is 5.13. The lowest BCUT2D eigenvalue weighted by Gasteiger charge is -2.59. The van der Waals surface area contributed by atoms with E-state index in [4.69, 9.17) is 15.1 Å². The van der Waals surface area contributed by atoms with E-state index in [0.717, 1.165) is 43.9 Å². The Morgan fingerprint density at radius 3 is 2.84 bits per heavy atom. The summed E-state index contributed by atoms with van der Waals surface area (Å²) >= 11 is 0. The van der Waals surface area contributed by atoms with Gasteiger partial charge in [-0.05, 0) is 80.5 Å². The molecule has 4 saturated carbocycles. The molecule has 0 amide bonds. The fraction of sp³-hybridized carbons (Fsp3) is 0.833. The third kappa shape index (κ3) is 3.53. The zero-order valence-corrected chi connectivity index (χ0v) is 18.9. The van der Waals surface area contributed by atoms with E-state index < -0.39 is 0 Å². The Morgan fingerprint density at radius 2 is 2.03 bits per heavy atom. The van der Waals surface area contributed by atoms with Crippen molar-refractivity contribution in [3.63, 3.8) is 0 Å². The summed E-state index contributed by atoms with van der Waals surface area (Å²) in [6, 6.07) is 0.